The molecule has 0 aliphatic carbocycles. The molecular formula is C52H61BN2S. The summed E-state index contributed by atoms with van der Waals surface area (Å²) in [5, 5.41) is 1.39. The van der Waals surface area contributed by atoms with Gasteiger partial charge < -0.3 is 9.80 Å². The molecule has 0 amide bonds. The van der Waals surface area contributed by atoms with E-state index in [-0.39, 0.29) is 33.8 Å². The highest BCUT2D eigenvalue weighted by molar-refractivity contribution is 7.33. The van der Waals surface area contributed by atoms with Crippen molar-refractivity contribution < 1.29 is 0 Å². The Balaban J connectivity index is 1.54. The predicted octanol–water partition coefficient (Wildman–Crippen LogP) is 13.5. The molecule has 288 valence electrons. The summed E-state index contributed by atoms with van der Waals surface area (Å²) in [5.74, 6) is 0. The van der Waals surface area contributed by atoms with Crippen molar-refractivity contribution in [3.63, 3.8) is 0 Å². The molecule has 4 heteroatoms. The van der Waals surface area contributed by atoms with Crippen LogP contribution in [-0.2, 0) is 27.1 Å². The van der Waals surface area contributed by atoms with Gasteiger partial charge in [0.05, 0.1) is 5.69 Å². The van der Waals surface area contributed by atoms with Crippen molar-refractivity contribution in [1.29, 1.82) is 0 Å². The summed E-state index contributed by atoms with van der Waals surface area (Å²) in [6.07, 6.45) is 0. The van der Waals surface area contributed by atoms with Crippen LogP contribution < -0.4 is 25.5 Å². The monoisotopic (exact) mass is 756 g/mol. The molecular weight excluding hydrogens is 695 g/mol. The first kappa shape index (κ1) is 38.6. The maximum absolute atomic E-state index is 2.65. The van der Waals surface area contributed by atoms with Crippen molar-refractivity contribution in [3.05, 3.63) is 125 Å². The SMILES string of the molecule is CC(C)(C)c1ccc(N2c3ccc(C(C)(C)C)cc3B3c4sc5cccc(C(C)(C)C)c5c4N(c4ccc(C(C)(C)C)cc4)c4cc(C(C)(C)C)cc2c43)cc1. The van der Waals surface area contributed by atoms with E-state index in [0.717, 1.165) is 0 Å². The van der Waals surface area contributed by atoms with E-state index in [0.29, 0.717) is 0 Å². The first-order valence-corrected chi connectivity index (χ1v) is 21.5. The summed E-state index contributed by atoms with van der Waals surface area (Å²) in [6, 6.07) is 38.3. The van der Waals surface area contributed by atoms with Crippen LogP contribution >= 0.6 is 11.3 Å². The van der Waals surface area contributed by atoms with Gasteiger partial charge >= 0.3 is 0 Å². The first-order chi connectivity index (χ1) is 25.9. The van der Waals surface area contributed by atoms with Crippen LogP contribution in [0, 0.1) is 0 Å². The minimum atomic E-state index is -0.0749. The van der Waals surface area contributed by atoms with E-state index in [1.54, 1.807) is 0 Å². The van der Waals surface area contributed by atoms with E-state index in [9.17, 15) is 0 Å². The molecule has 56 heavy (non-hydrogen) atoms. The van der Waals surface area contributed by atoms with E-state index in [2.05, 4.69) is 211 Å². The molecule has 0 atom stereocenters. The molecule has 5 aromatic carbocycles. The number of rotatable bonds is 2. The Morgan fingerprint density at radius 1 is 0.446 bits per heavy atom. The highest BCUT2D eigenvalue weighted by Gasteiger charge is 2.47. The first-order valence-electron chi connectivity index (χ1n) is 20.6. The number of fused-ring (bicyclic) bond motifs is 6. The Morgan fingerprint density at radius 3 is 1.43 bits per heavy atom. The van der Waals surface area contributed by atoms with Gasteiger partial charge in [0, 0.05) is 43.3 Å². The van der Waals surface area contributed by atoms with Crippen LogP contribution in [0.2, 0.25) is 0 Å². The van der Waals surface area contributed by atoms with Crippen molar-refractivity contribution in [3.8, 4) is 0 Å². The Hall–Kier alpha value is -4.28. The molecule has 0 bridgehead atoms. The van der Waals surface area contributed by atoms with Gasteiger partial charge in [-0.15, -0.1) is 11.3 Å². The van der Waals surface area contributed by atoms with Gasteiger partial charge in [0.25, 0.3) is 6.71 Å². The van der Waals surface area contributed by atoms with Crippen LogP contribution in [0.4, 0.5) is 34.1 Å². The second-order valence-corrected chi connectivity index (χ2v) is 22.7. The van der Waals surface area contributed by atoms with Crippen molar-refractivity contribution in [1.82, 2.24) is 0 Å². The zero-order valence-corrected chi connectivity index (χ0v) is 37.4. The number of benzene rings is 5. The molecule has 2 aliphatic heterocycles. The van der Waals surface area contributed by atoms with Crippen molar-refractivity contribution in [2.75, 3.05) is 9.80 Å². The Labute approximate surface area is 342 Å². The lowest BCUT2D eigenvalue weighted by molar-refractivity contribution is 0.589. The van der Waals surface area contributed by atoms with E-state index in [1.165, 1.54) is 87.7 Å². The fourth-order valence-corrected chi connectivity index (χ4v) is 10.2. The van der Waals surface area contributed by atoms with Gasteiger partial charge in [-0.2, -0.15) is 0 Å². The summed E-state index contributed by atoms with van der Waals surface area (Å²) in [7, 11) is 0. The Kier molecular flexibility index (Phi) is 8.69. The summed E-state index contributed by atoms with van der Waals surface area (Å²) in [6.45, 7) is 35.2. The molecule has 1 aromatic heterocycles. The summed E-state index contributed by atoms with van der Waals surface area (Å²) < 4.78 is 2.79. The van der Waals surface area contributed by atoms with E-state index in [1.807, 2.05) is 11.3 Å². The average Bonchev–Trinajstić information content (AvgIpc) is 3.48. The molecule has 0 fully saturated rings. The topological polar surface area (TPSA) is 6.48 Å². The number of hydrogen-bond acceptors (Lipinski definition) is 3. The third-order valence-corrected chi connectivity index (χ3v) is 13.4. The minimum Gasteiger partial charge on any atom is -0.311 e. The van der Waals surface area contributed by atoms with Crippen LogP contribution in [0.25, 0.3) is 10.1 Å². The largest absolute Gasteiger partial charge is 0.311 e. The molecule has 3 heterocycles. The molecule has 0 saturated carbocycles. The maximum atomic E-state index is 2.65. The lowest BCUT2D eigenvalue weighted by atomic mass is 9.36. The van der Waals surface area contributed by atoms with Crippen molar-refractivity contribution >= 4 is 78.0 Å². The zero-order valence-electron chi connectivity index (χ0n) is 36.6. The fourth-order valence-electron chi connectivity index (χ4n) is 8.82. The van der Waals surface area contributed by atoms with Gasteiger partial charge in [0.15, 0.2) is 0 Å². The van der Waals surface area contributed by atoms with Gasteiger partial charge in [-0.05, 0) is 114 Å². The fraction of sp³-hybridized carbons (Fsp3) is 0.385. The molecule has 2 nitrogen and oxygen atoms in total. The van der Waals surface area contributed by atoms with Crippen LogP contribution in [0.1, 0.15) is 132 Å². The van der Waals surface area contributed by atoms with E-state index >= 15 is 0 Å². The third-order valence-electron chi connectivity index (χ3n) is 12.2. The highest BCUT2D eigenvalue weighted by Crippen LogP contribution is 2.51. The lowest BCUT2D eigenvalue weighted by Crippen LogP contribution is -2.60. The molecule has 8 rings (SSSR count). The Morgan fingerprint density at radius 2 is 0.929 bits per heavy atom. The third kappa shape index (κ3) is 6.32. The van der Waals surface area contributed by atoms with Crippen LogP contribution in [0.15, 0.2) is 97.1 Å². The summed E-state index contributed by atoms with van der Waals surface area (Å²) in [5.41, 5.74) is 17.2. The second kappa shape index (κ2) is 12.6. The Bertz CT molecular complexity index is 2480. The number of nitrogens with zero attached hydrogens (tertiary/aromatic N) is 2. The van der Waals surface area contributed by atoms with Crippen LogP contribution in [0.3, 0.4) is 0 Å². The van der Waals surface area contributed by atoms with Crippen LogP contribution in [0.5, 0.6) is 0 Å². The van der Waals surface area contributed by atoms with E-state index < -0.39 is 0 Å². The van der Waals surface area contributed by atoms with Crippen LogP contribution in [-0.4, -0.2) is 6.71 Å². The van der Waals surface area contributed by atoms with Crippen molar-refractivity contribution in [2.45, 2.75) is 131 Å². The van der Waals surface area contributed by atoms with E-state index in [4.69, 9.17) is 0 Å². The molecule has 0 unspecified atom stereocenters. The standard InChI is InChI=1S/C52H61BN2S/c1-48(2,3)32-19-24-36(25-20-32)54-40-28-23-34(50(7,8)9)29-39(40)53-45-41(54)30-35(51(10,11)12)31-42(45)55(37-26-21-33(22-27-37)49(4,5)6)46-44-38(52(13,14)15)17-16-18-43(44)56-47(46)53/h16-31H,1-15H3. The van der Waals surface area contributed by atoms with Gasteiger partial charge in [-0.25, -0.2) is 0 Å². The summed E-state index contributed by atoms with van der Waals surface area (Å²) in [4.78, 5) is 5.23. The predicted molar refractivity (Wildman–Crippen MR) is 249 cm³/mol. The molecule has 2 aliphatic rings. The average molecular weight is 757 g/mol. The van der Waals surface area contributed by atoms with Gasteiger partial charge in [0.1, 0.15) is 0 Å². The van der Waals surface area contributed by atoms with Gasteiger partial charge in [0.2, 0.25) is 0 Å². The van der Waals surface area contributed by atoms with Gasteiger partial charge in [-0.1, -0.05) is 152 Å². The number of thiophene rings is 1. The summed E-state index contributed by atoms with van der Waals surface area (Å²) >= 11 is 2.00. The lowest BCUT2D eigenvalue weighted by Gasteiger charge is -2.44. The minimum absolute atomic E-state index is 0.00527. The van der Waals surface area contributed by atoms with Crippen molar-refractivity contribution in [2.24, 2.45) is 0 Å². The molecule has 6 aromatic rings. The quantitative estimate of drug-likeness (QED) is 0.162. The second-order valence-electron chi connectivity index (χ2n) is 21.6. The highest BCUT2D eigenvalue weighted by atomic mass is 32.1. The molecule has 0 spiro atoms. The zero-order chi connectivity index (χ0) is 40.5. The molecule has 0 radical (unpaired) electrons. The maximum Gasteiger partial charge on any atom is 0.264 e. The molecule has 0 N–H and O–H groups in total. The normalized spacial score (nSPS) is 14.6. The van der Waals surface area contributed by atoms with Gasteiger partial charge in [-0.3, -0.25) is 0 Å². The smallest absolute Gasteiger partial charge is 0.264 e. The number of hydrogen-bond donors (Lipinski definition) is 0. The molecule has 0 saturated heterocycles. The number of anilines is 6.